The molecule has 0 unspecified atom stereocenters. The monoisotopic (exact) mass is 414 g/mol. The quantitative estimate of drug-likeness (QED) is 0.742. The van der Waals surface area contributed by atoms with Gasteiger partial charge in [-0.05, 0) is 37.1 Å². The van der Waals surface area contributed by atoms with Gasteiger partial charge in [0.15, 0.2) is 0 Å². The van der Waals surface area contributed by atoms with Crippen LogP contribution in [0, 0.1) is 0 Å². The van der Waals surface area contributed by atoms with Crippen molar-refractivity contribution in [3.05, 3.63) is 39.5 Å². The Kier molecular flexibility index (Phi) is 5.86. The molecule has 0 spiro atoms. The summed E-state index contributed by atoms with van der Waals surface area (Å²) in [6, 6.07) is 5.68. The Bertz CT molecular complexity index is 903. The van der Waals surface area contributed by atoms with E-state index < -0.39 is 15.9 Å². The molecule has 6 nitrogen and oxygen atoms in total. The highest BCUT2D eigenvalue weighted by Gasteiger charge is 2.27. The van der Waals surface area contributed by atoms with E-state index in [1.54, 1.807) is 0 Å². The SMILES string of the molecule is O=C(Nc1cc(Cl)ccc1O)c1cc(S(=O)(=O)N2CCCCCC2)cs1. The van der Waals surface area contributed by atoms with E-state index >= 15 is 0 Å². The van der Waals surface area contributed by atoms with Gasteiger partial charge in [0.2, 0.25) is 10.0 Å². The fourth-order valence-electron chi connectivity index (χ4n) is 2.80. The summed E-state index contributed by atoms with van der Waals surface area (Å²) < 4.78 is 27.0. The van der Waals surface area contributed by atoms with E-state index in [0.717, 1.165) is 37.0 Å². The van der Waals surface area contributed by atoms with Crippen LogP contribution in [0.1, 0.15) is 35.4 Å². The summed E-state index contributed by atoms with van der Waals surface area (Å²) >= 11 is 6.92. The van der Waals surface area contributed by atoms with Crippen LogP contribution in [0.15, 0.2) is 34.5 Å². The van der Waals surface area contributed by atoms with Crippen LogP contribution in [0.2, 0.25) is 5.02 Å². The van der Waals surface area contributed by atoms with Gasteiger partial charge in [0.05, 0.1) is 15.5 Å². The lowest BCUT2D eigenvalue weighted by molar-refractivity contribution is 0.103. The highest BCUT2D eigenvalue weighted by molar-refractivity contribution is 7.89. The number of phenolic OH excluding ortho intramolecular Hbond substituents is 1. The van der Waals surface area contributed by atoms with E-state index in [9.17, 15) is 18.3 Å². The summed E-state index contributed by atoms with van der Waals surface area (Å²) in [7, 11) is -3.59. The van der Waals surface area contributed by atoms with Gasteiger partial charge in [0.1, 0.15) is 5.75 Å². The van der Waals surface area contributed by atoms with Crippen LogP contribution in [0.4, 0.5) is 5.69 Å². The van der Waals surface area contributed by atoms with Gasteiger partial charge in [-0.1, -0.05) is 24.4 Å². The van der Waals surface area contributed by atoms with Crippen LogP contribution in [0.3, 0.4) is 0 Å². The third kappa shape index (κ3) is 4.20. The summed E-state index contributed by atoms with van der Waals surface area (Å²) in [5, 5.41) is 14.2. The van der Waals surface area contributed by atoms with E-state index in [4.69, 9.17) is 11.6 Å². The summed E-state index contributed by atoms with van der Waals surface area (Å²) in [4.78, 5) is 12.8. The summed E-state index contributed by atoms with van der Waals surface area (Å²) in [5.41, 5.74) is 0.174. The molecule has 0 atom stereocenters. The Balaban J connectivity index is 1.78. The molecule has 9 heteroatoms. The van der Waals surface area contributed by atoms with Gasteiger partial charge >= 0.3 is 0 Å². The number of benzene rings is 1. The number of aromatic hydroxyl groups is 1. The number of hydrogen-bond donors (Lipinski definition) is 2. The van der Waals surface area contributed by atoms with E-state index in [0.29, 0.717) is 18.1 Å². The van der Waals surface area contributed by atoms with Crippen molar-refractivity contribution in [1.29, 1.82) is 0 Å². The van der Waals surface area contributed by atoms with Crippen LogP contribution < -0.4 is 5.32 Å². The van der Waals surface area contributed by atoms with Gasteiger partial charge in [-0.3, -0.25) is 4.79 Å². The maximum atomic E-state index is 12.8. The molecule has 1 amide bonds. The third-order valence-corrected chi connectivity index (χ3v) is 7.40. The number of hydrogen-bond acceptors (Lipinski definition) is 5. The Hall–Kier alpha value is -1.61. The van der Waals surface area contributed by atoms with Crippen LogP contribution in [0.5, 0.6) is 5.75 Å². The second kappa shape index (κ2) is 7.96. The zero-order chi connectivity index (χ0) is 18.7. The minimum atomic E-state index is -3.59. The van der Waals surface area contributed by atoms with Crippen molar-refractivity contribution in [3.63, 3.8) is 0 Å². The Morgan fingerprint density at radius 2 is 1.85 bits per heavy atom. The number of carbonyl (C=O) groups is 1. The fraction of sp³-hybridized carbons (Fsp3) is 0.353. The highest BCUT2D eigenvalue weighted by Crippen LogP contribution is 2.29. The lowest BCUT2D eigenvalue weighted by atomic mass is 10.2. The molecule has 2 aromatic rings. The highest BCUT2D eigenvalue weighted by atomic mass is 35.5. The van der Waals surface area contributed by atoms with Gasteiger partial charge in [0.25, 0.3) is 5.91 Å². The predicted molar refractivity (Wildman–Crippen MR) is 103 cm³/mol. The molecule has 1 aromatic carbocycles. The Morgan fingerprint density at radius 3 is 2.54 bits per heavy atom. The van der Waals surface area contributed by atoms with Crippen molar-refractivity contribution in [1.82, 2.24) is 4.31 Å². The number of amides is 1. The maximum Gasteiger partial charge on any atom is 0.265 e. The molecule has 0 bridgehead atoms. The number of sulfonamides is 1. The number of rotatable bonds is 4. The molecule has 0 radical (unpaired) electrons. The third-order valence-electron chi connectivity index (χ3n) is 4.21. The van der Waals surface area contributed by atoms with Crippen LogP contribution in [0.25, 0.3) is 0 Å². The normalized spacial score (nSPS) is 16.2. The number of anilines is 1. The first kappa shape index (κ1) is 19.2. The van der Waals surface area contributed by atoms with E-state index in [-0.39, 0.29) is 21.2 Å². The maximum absolute atomic E-state index is 12.8. The first-order valence-electron chi connectivity index (χ1n) is 8.26. The van der Waals surface area contributed by atoms with Crippen molar-refractivity contribution in [2.45, 2.75) is 30.6 Å². The molecule has 1 aromatic heterocycles. The molecule has 0 aliphatic carbocycles. The van der Waals surface area contributed by atoms with Gasteiger partial charge in [-0.25, -0.2) is 8.42 Å². The number of phenols is 1. The average Bonchev–Trinajstić information content (AvgIpc) is 2.94. The second-order valence-corrected chi connectivity index (χ2v) is 9.37. The number of carbonyl (C=O) groups excluding carboxylic acids is 1. The van der Waals surface area contributed by atoms with E-state index in [1.165, 1.54) is 34.0 Å². The molecule has 1 saturated heterocycles. The van der Waals surface area contributed by atoms with E-state index in [1.807, 2.05) is 0 Å². The number of halogens is 1. The molecule has 2 heterocycles. The van der Waals surface area contributed by atoms with Crippen molar-refractivity contribution in [2.24, 2.45) is 0 Å². The van der Waals surface area contributed by atoms with Crippen molar-refractivity contribution < 1.29 is 18.3 Å². The molecule has 140 valence electrons. The lowest BCUT2D eigenvalue weighted by Crippen LogP contribution is -2.31. The molecule has 2 N–H and O–H groups in total. The first-order chi connectivity index (χ1) is 12.4. The average molecular weight is 415 g/mol. The number of thiophene rings is 1. The van der Waals surface area contributed by atoms with E-state index in [2.05, 4.69) is 5.32 Å². The van der Waals surface area contributed by atoms with Crippen molar-refractivity contribution >= 4 is 44.6 Å². The first-order valence-corrected chi connectivity index (χ1v) is 11.0. The standard InChI is InChI=1S/C17H19ClN2O4S2/c18-12-5-6-15(21)14(9-12)19-17(22)16-10-13(11-25-16)26(23,24)20-7-3-1-2-4-8-20/h5-6,9-11,21H,1-4,7-8H2,(H,19,22). The topological polar surface area (TPSA) is 86.7 Å². The van der Waals surface area contributed by atoms with Crippen molar-refractivity contribution in [3.8, 4) is 5.75 Å². The largest absolute Gasteiger partial charge is 0.506 e. The minimum absolute atomic E-state index is 0.114. The van der Waals surface area contributed by atoms with Gasteiger partial charge in [0, 0.05) is 23.5 Å². The fourth-order valence-corrected chi connectivity index (χ4v) is 5.64. The molecule has 3 rings (SSSR count). The zero-order valence-corrected chi connectivity index (χ0v) is 16.3. The minimum Gasteiger partial charge on any atom is -0.506 e. The molecule has 26 heavy (non-hydrogen) atoms. The Labute approximate surface area is 161 Å². The van der Waals surface area contributed by atoms with Gasteiger partial charge in [-0.15, -0.1) is 11.3 Å². The molecular weight excluding hydrogens is 396 g/mol. The smallest absolute Gasteiger partial charge is 0.265 e. The second-order valence-electron chi connectivity index (χ2n) is 6.08. The molecular formula is C17H19ClN2O4S2. The van der Waals surface area contributed by atoms with Crippen LogP contribution in [-0.2, 0) is 10.0 Å². The molecule has 0 saturated carbocycles. The summed E-state index contributed by atoms with van der Waals surface area (Å²) in [6.45, 7) is 1.02. The van der Waals surface area contributed by atoms with Gasteiger partial charge < -0.3 is 10.4 Å². The number of nitrogens with one attached hydrogen (secondary N) is 1. The molecule has 1 aliphatic rings. The van der Waals surface area contributed by atoms with Crippen LogP contribution >= 0.6 is 22.9 Å². The van der Waals surface area contributed by atoms with Crippen molar-refractivity contribution in [2.75, 3.05) is 18.4 Å². The zero-order valence-electron chi connectivity index (χ0n) is 13.9. The summed E-state index contributed by atoms with van der Waals surface area (Å²) in [6.07, 6.45) is 3.77. The Morgan fingerprint density at radius 1 is 1.15 bits per heavy atom. The summed E-state index contributed by atoms with van der Waals surface area (Å²) in [5.74, 6) is -0.610. The van der Waals surface area contributed by atoms with Crippen LogP contribution in [-0.4, -0.2) is 36.8 Å². The molecule has 1 fully saturated rings. The molecule has 1 aliphatic heterocycles. The number of nitrogens with zero attached hydrogens (tertiary/aromatic N) is 1. The lowest BCUT2D eigenvalue weighted by Gasteiger charge is -2.18. The predicted octanol–water partition coefficient (Wildman–Crippen LogP) is 3.92. The van der Waals surface area contributed by atoms with Gasteiger partial charge in [-0.2, -0.15) is 4.31 Å².